The molecule has 0 aromatic heterocycles. The molecular formula is C21H34N2. The van der Waals surface area contributed by atoms with Crippen LogP contribution >= 0.6 is 0 Å². The summed E-state index contributed by atoms with van der Waals surface area (Å²) >= 11 is 0. The molecule has 0 amide bonds. The fourth-order valence-electron chi connectivity index (χ4n) is 3.11. The van der Waals surface area contributed by atoms with Gasteiger partial charge in [-0.05, 0) is 53.0 Å². The van der Waals surface area contributed by atoms with Gasteiger partial charge in [0.1, 0.15) is 0 Å². The minimum Gasteiger partial charge on any atom is -0.310 e. The number of rotatable bonds is 5. The van der Waals surface area contributed by atoms with Crippen LogP contribution in [0.2, 0.25) is 0 Å². The molecule has 23 heavy (non-hydrogen) atoms. The number of benzene rings is 1. The zero-order chi connectivity index (χ0) is 16.3. The van der Waals surface area contributed by atoms with Crippen molar-refractivity contribution in [3.63, 3.8) is 0 Å². The lowest BCUT2D eigenvalue weighted by Gasteiger charge is -2.27. The summed E-state index contributed by atoms with van der Waals surface area (Å²) in [6, 6.07) is 6.72. The third-order valence-corrected chi connectivity index (χ3v) is 4.95. The zero-order valence-electron chi connectivity index (χ0n) is 14.4. The Morgan fingerprint density at radius 1 is 1.09 bits per heavy atom. The second-order valence-electron chi connectivity index (χ2n) is 6.74. The van der Waals surface area contributed by atoms with Crippen molar-refractivity contribution >= 4 is 5.57 Å². The van der Waals surface area contributed by atoms with Gasteiger partial charge in [0.05, 0.1) is 5.66 Å². The molecule has 2 heteroatoms. The van der Waals surface area contributed by atoms with E-state index in [9.17, 15) is 0 Å². The quantitative estimate of drug-likeness (QED) is 0.724. The van der Waals surface area contributed by atoms with Gasteiger partial charge in [0.15, 0.2) is 0 Å². The van der Waals surface area contributed by atoms with Crippen LogP contribution in [-0.4, -0.2) is 5.66 Å². The van der Waals surface area contributed by atoms with Crippen molar-refractivity contribution in [2.75, 3.05) is 0 Å². The third kappa shape index (κ3) is 4.33. The zero-order valence-corrected chi connectivity index (χ0v) is 14.4. The molecule has 0 fully saturated rings. The molecule has 0 heterocycles. The van der Waals surface area contributed by atoms with Gasteiger partial charge in [-0.15, -0.1) is 0 Å². The van der Waals surface area contributed by atoms with E-state index in [4.69, 9.17) is 11.5 Å². The van der Waals surface area contributed by atoms with Crippen LogP contribution in [0.15, 0.2) is 36.4 Å². The van der Waals surface area contributed by atoms with Crippen molar-refractivity contribution in [1.29, 1.82) is 0 Å². The summed E-state index contributed by atoms with van der Waals surface area (Å²) in [4.78, 5) is 0. The second kappa shape index (κ2) is 7.94. The molecule has 2 atom stereocenters. The highest BCUT2D eigenvalue weighted by Gasteiger charge is 2.22. The summed E-state index contributed by atoms with van der Waals surface area (Å²) in [5.41, 5.74) is 16.9. The largest absolute Gasteiger partial charge is 0.310 e. The third-order valence-electron chi connectivity index (χ3n) is 4.95. The summed E-state index contributed by atoms with van der Waals surface area (Å²) < 4.78 is 0. The van der Waals surface area contributed by atoms with Gasteiger partial charge in [0.25, 0.3) is 0 Å². The number of nitrogens with two attached hydrogens (primary N) is 2. The van der Waals surface area contributed by atoms with Gasteiger partial charge in [0, 0.05) is 6.42 Å². The van der Waals surface area contributed by atoms with Crippen LogP contribution in [0.3, 0.4) is 0 Å². The lowest BCUT2D eigenvalue weighted by molar-refractivity contribution is 0.558. The van der Waals surface area contributed by atoms with Crippen molar-refractivity contribution in [3.8, 4) is 0 Å². The fraction of sp³-hybridized carbons (Fsp3) is 0.524. The van der Waals surface area contributed by atoms with Crippen molar-refractivity contribution in [1.82, 2.24) is 0 Å². The molecule has 0 bridgehead atoms. The Labute approximate surface area is 142 Å². The standard InChI is InChI=1S/C20H30N2.CH4/c1-5-14(3)17-8-7-9-18(19(17)15(4)6-2)16-10-12-20(21,22)13-11-16;/h7-12,14-15H,5-6,13,21-22H2,1-4H3;1H4. The summed E-state index contributed by atoms with van der Waals surface area (Å²) in [5.74, 6) is 1.14. The van der Waals surface area contributed by atoms with Gasteiger partial charge in [-0.2, -0.15) is 0 Å². The molecule has 1 aromatic carbocycles. The van der Waals surface area contributed by atoms with Crippen LogP contribution in [0.1, 0.15) is 82.9 Å². The van der Waals surface area contributed by atoms with Crippen LogP contribution < -0.4 is 11.5 Å². The molecule has 2 rings (SSSR count). The summed E-state index contributed by atoms with van der Waals surface area (Å²) in [7, 11) is 0. The number of allylic oxidation sites excluding steroid dienone is 2. The van der Waals surface area contributed by atoms with Crippen LogP contribution in [0.5, 0.6) is 0 Å². The Bertz CT molecular complexity index is 582. The summed E-state index contributed by atoms with van der Waals surface area (Å²) in [6.07, 6.45) is 9.20. The fourth-order valence-corrected chi connectivity index (χ4v) is 3.11. The lowest BCUT2D eigenvalue weighted by Crippen LogP contribution is -2.47. The Balaban J connectivity index is 0.00000264. The average Bonchev–Trinajstić information content (AvgIpc) is 2.52. The molecule has 1 aliphatic carbocycles. The molecule has 1 aromatic rings. The van der Waals surface area contributed by atoms with E-state index in [1.54, 1.807) is 0 Å². The molecule has 4 N–H and O–H groups in total. The minimum atomic E-state index is -0.700. The molecule has 1 aliphatic rings. The second-order valence-corrected chi connectivity index (χ2v) is 6.74. The van der Waals surface area contributed by atoms with E-state index in [1.165, 1.54) is 22.3 Å². The number of hydrogen-bond donors (Lipinski definition) is 2. The highest BCUT2D eigenvalue weighted by Crippen LogP contribution is 2.37. The van der Waals surface area contributed by atoms with E-state index < -0.39 is 5.66 Å². The molecule has 128 valence electrons. The van der Waals surface area contributed by atoms with Crippen LogP contribution in [0.4, 0.5) is 0 Å². The van der Waals surface area contributed by atoms with Gasteiger partial charge in [-0.25, -0.2) is 0 Å². The van der Waals surface area contributed by atoms with Gasteiger partial charge < -0.3 is 11.5 Å². The number of hydrogen-bond acceptors (Lipinski definition) is 2. The van der Waals surface area contributed by atoms with E-state index in [2.05, 4.69) is 58.0 Å². The van der Waals surface area contributed by atoms with Crippen molar-refractivity contribution in [2.45, 2.75) is 71.9 Å². The van der Waals surface area contributed by atoms with Gasteiger partial charge >= 0.3 is 0 Å². The molecule has 0 saturated carbocycles. The smallest absolute Gasteiger partial charge is 0.0867 e. The van der Waals surface area contributed by atoms with Gasteiger partial charge in [0.2, 0.25) is 0 Å². The maximum absolute atomic E-state index is 5.99. The van der Waals surface area contributed by atoms with Crippen LogP contribution in [0, 0.1) is 0 Å². The maximum atomic E-state index is 5.99. The minimum absolute atomic E-state index is 0. The first kappa shape index (κ1) is 19.7. The monoisotopic (exact) mass is 314 g/mol. The molecule has 2 unspecified atom stereocenters. The Morgan fingerprint density at radius 2 is 1.74 bits per heavy atom. The SMILES string of the molecule is C.CCC(C)c1cccc(C2=CCC(N)(N)C=C2)c1C(C)CC. The van der Waals surface area contributed by atoms with Gasteiger partial charge in [-0.1, -0.05) is 65.5 Å². The Kier molecular flexibility index (Phi) is 6.79. The van der Waals surface area contributed by atoms with Crippen LogP contribution in [0.25, 0.3) is 5.57 Å². The van der Waals surface area contributed by atoms with E-state index in [0.29, 0.717) is 18.3 Å². The van der Waals surface area contributed by atoms with E-state index in [-0.39, 0.29) is 7.43 Å². The maximum Gasteiger partial charge on any atom is 0.0867 e. The Morgan fingerprint density at radius 3 is 2.26 bits per heavy atom. The molecule has 0 spiro atoms. The molecule has 2 nitrogen and oxygen atoms in total. The summed E-state index contributed by atoms with van der Waals surface area (Å²) in [5, 5.41) is 0. The Hall–Kier alpha value is -1.38. The highest BCUT2D eigenvalue weighted by atomic mass is 14.9. The first-order valence-corrected chi connectivity index (χ1v) is 8.50. The lowest BCUT2D eigenvalue weighted by atomic mass is 9.80. The summed E-state index contributed by atoms with van der Waals surface area (Å²) in [6.45, 7) is 9.17. The normalized spacial score (nSPS) is 18.8. The van der Waals surface area contributed by atoms with Crippen LogP contribution in [-0.2, 0) is 0 Å². The molecule has 0 radical (unpaired) electrons. The van der Waals surface area contributed by atoms with Crippen molar-refractivity contribution in [2.24, 2.45) is 11.5 Å². The van der Waals surface area contributed by atoms with Crippen molar-refractivity contribution < 1.29 is 0 Å². The molecule has 0 saturated heterocycles. The van der Waals surface area contributed by atoms with E-state index in [0.717, 1.165) is 12.8 Å². The molecule has 0 aliphatic heterocycles. The topological polar surface area (TPSA) is 52.0 Å². The van der Waals surface area contributed by atoms with E-state index in [1.807, 2.05) is 6.08 Å². The van der Waals surface area contributed by atoms with Crippen molar-refractivity contribution in [3.05, 3.63) is 53.1 Å². The molecular weight excluding hydrogens is 280 g/mol. The first-order valence-electron chi connectivity index (χ1n) is 8.50. The van der Waals surface area contributed by atoms with Gasteiger partial charge in [-0.3, -0.25) is 0 Å². The van der Waals surface area contributed by atoms with E-state index >= 15 is 0 Å². The first-order chi connectivity index (χ1) is 10.4. The predicted molar refractivity (Wildman–Crippen MR) is 103 cm³/mol. The average molecular weight is 315 g/mol. The highest BCUT2D eigenvalue weighted by molar-refractivity contribution is 5.78. The predicted octanol–water partition coefficient (Wildman–Crippen LogP) is 5.31.